The summed E-state index contributed by atoms with van der Waals surface area (Å²) in [7, 11) is 0. The Balaban J connectivity index is 2.38. The summed E-state index contributed by atoms with van der Waals surface area (Å²) in [4.78, 5) is 23.0. The summed E-state index contributed by atoms with van der Waals surface area (Å²) in [5.41, 5.74) is -2.29. The Morgan fingerprint density at radius 1 is 1.33 bits per heavy atom. The van der Waals surface area contributed by atoms with Crippen LogP contribution >= 0.6 is 0 Å². The van der Waals surface area contributed by atoms with E-state index in [1.54, 1.807) is 0 Å². The van der Waals surface area contributed by atoms with Gasteiger partial charge in [-0.05, 0) is 0 Å². The molecule has 2 aliphatic heterocycles. The van der Waals surface area contributed by atoms with Crippen molar-refractivity contribution in [2.75, 3.05) is 6.61 Å². The maximum absolute atomic E-state index is 11.8. The van der Waals surface area contributed by atoms with Crippen molar-refractivity contribution in [3.05, 3.63) is 0 Å². The maximum Gasteiger partial charge on any atom is 0.341 e. The van der Waals surface area contributed by atoms with E-state index in [9.17, 15) is 24.9 Å². The molecule has 0 saturated carbocycles. The lowest BCUT2D eigenvalue weighted by Crippen LogP contribution is -2.71. The van der Waals surface area contributed by atoms with Crippen molar-refractivity contribution in [3.63, 3.8) is 0 Å². The molecule has 1 spiro atoms. The van der Waals surface area contributed by atoms with Crippen LogP contribution in [-0.2, 0) is 9.53 Å². The molecule has 2 fully saturated rings. The summed E-state index contributed by atoms with van der Waals surface area (Å²) in [6, 6.07) is -1.03. The standard InChI is InChI=1S/C8H13N3O7/c9-11-6(16)8(10-7(11)17)5(15)4(14)3(13)2(1-12)18-8/h2-5,12-15H,1,9H2,(H,10,17)/t2-,3-,4+,5-,8?/m1/s1. The second-order valence-corrected chi connectivity index (χ2v) is 4.11. The second-order valence-electron chi connectivity index (χ2n) is 4.11. The van der Waals surface area contributed by atoms with Crippen LogP contribution in [0.2, 0.25) is 0 Å². The van der Waals surface area contributed by atoms with Crippen LogP contribution in [0.1, 0.15) is 0 Å². The van der Waals surface area contributed by atoms with Gasteiger partial charge in [-0.25, -0.2) is 10.6 Å². The molecule has 2 heterocycles. The minimum atomic E-state index is -2.29. The molecule has 10 nitrogen and oxygen atoms in total. The van der Waals surface area contributed by atoms with Gasteiger partial charge < -0.3 is 25.2 Å². The van der Waals surface area contributed by atoms with Crippen LogP contribution in [0.15, 0.2) is 0 Å². The average Bonchev–Trinajstić information content (AvgIpc) is 2.57. The molecule has 2 saturated heterocycles. The molecule has 102 valence electrons. The van der Waals surface area contributed by atoms with Crippen molar-refractivity contribution in [3.8, 4) is 0 Å². The van der Waals surface area contributed by atoms with Crippen LogP contribution in [0.3, 0.4) is 0 Å². The van der Waals surface area contributed by atoms with Crippen LogP contribution in [0.25, 0.3) is 0 Å². The molecule has 10 heteroatoms. The summed E-state index contributed by atoms with van der Waals surface area (Å²) in [5, 5.41) is 40.1. The van der Waals surface area contributed by atoms with Crippen LogP contribution < -0.4 is 11.2 Å². The van der Waals surface area contributed by atoms with E-state index in [-0.39, 0.29) is 5.01 Å². The first-order valence-electron chi connectivity index (χ1n) is 5.09. The highest BCUT2D eigenvalue weighted by Crippen LogP contribution is 2.32. The van der Waals surface area contributed by atoms with Crippen molar-refractivity contribution in [1.29, 1.82) is 0 Å². The number of imide groups is 1. The van der Waals surface area contributed by atoms with Gasteiger partial charge in [-0.2, -0.15) is 5.01 Å². The first-order chi connectivity index (χ1) is 8.35. The Hall–Kier alpha value is -1.30. The van der Waals surface area contributed by atoms with E-state index in [2.05, 4.69) is 0 Å². The van der Waals surface area contributed by atoms with E-state index in [1.807, 2.05) is 5.32 Å². The predicted molar refractivity (Wildman–Crippen MR) is 52.3 cm³/mol. The third kappa shape index (κ3) is 1.51. The molecule has 7 N–H and O–H groups in total. The third-order valence-electron chi connectivity index (χ3n) is 3.04. The summed E-state index contributed by atoms with van der Waals surface area (Å²) < 4.78 is 5.02. The number of carbonyl (C=O) groups is 2. The number of ether oxygens (including phenoxy) is 1. The molecule has 2 rings (SSSR count). The van der Waals surface area contributed by atoms with Crippen LogP contribution in [0.4, 0.5) is 4.79 Å². The topological polar surface area (TPSA) is 166 Å². The molecule has 0 radical (unpaired) electrons. The number of nitrogens with zero attached hydrogens (tertiary/aromatic N) is 1. The highest BCUT2D eigenvalue weighted by molar-refractivity contribution is 6.06. The molecule has 5 atom stereocenters. The van der Waals surface area contributed by atoms with Crippen LogP contribution in [-0.4, -0.2) is 74.1 Å². The van der Waals surface area contributed by atoms with Gasteiger partial charge in [0.25, 0.3) is 5.72 Å². The van der Waals surface area contributed by atoms with Gasteiger partial charge in [0.15, 0.2) is 0 Å². The van der Waals surface area contributed by atoms with E-state index in [4.69, 9.17) is 15.7 Å². The summed E-state index contributed by atoms with van der Waals surface area (Å²) in [6.45, 7) is -0.722. The number of hydrogen-bond acceptors (Lipinski definition) is 8. The van der Waals surface area contributed by atoms with Gasteiger partial charge in [0.1, 0.15) is 24.4 Å². The molecule has 2 aliphatic rings. The number of amides is 3. The Labute approximate surface area is 101 Å². The molecule has 0 bridgehead atoms. The van der Waals surface area contributed by atoms with E-state index in [1.165, 1.54) is 0 Å². The van der Waals surface area contributed by atoms with E-state index in [0.717, 1.165) is 0 Å². The normalized spacial score (nSPS) is 44.6. The van der Waals surface area contributed by atoms with Gasteiger partial charge in [-0.15, -0.1) is 0 Å². The fourth-order valence-electron chi connectivity index (χ4n) is 1.99. The lowest BCUT2D eigenvalue weighted by atomic mass is 9.90. The minimum Gasteiger partial charge on any atom is -0.394 e. The zero-order valence-corrected chi connectivity index (χ0v) is 9.05. The van der Waals surface area contributed by atoms with E-state index in [0.29, 0.717) is 0 Å². The average molecular weight is 263 g/mol. The zero-order valence-electron chi connectivity index (χ0n) is 9.05. The van der Waals surface area contributed by atoms with Crippen LogP contribution in [0, 0.1) is 0 Å². The monoisotopic (exact) mass is 263 g/mol. The highest BCUT2D eigenvalue weighted by Gasteiger charge is 2.64. The van der Waals surface area contributed by atoms with Gasteiger partial charge in [-0.1, -0.05) is 0 Å². The quantitative estimate of drug-likeness (QED) is 0.157. The Kier molecular flexibility index (Phi) is 3.01. The van der Waals surface area contributed by atoms with Gasteiger partial charge in [0.2, 0.25) is 0 Å². The van der Waals surface area contributed by atoms with E-state index >= 15 is 0 Å². The number of nitrogens with two attached hydrogens (primary N) is 1. The van der Waals surface area contributed by atoms with Crippen molar-refractivity contribution < 1.29 is 34.8 Å². The fraction of sp³-hybridized carbons (Fsp3) is 0.750. The number of carbonyl (C=O) groups excluding carboxylic acids is 2. The van der Waals surface area contributed by atoms with Crippen molar-refractivity contribution >= 4 is 11.9 Å². The number of hydrogen-bond donors (Lipinski definition) is 6. The van der Waals surface area contributed by atoms with Gasteiger partial charge in [-0.3, -0.25) is 10.1 Å². The molecule has 0 aliphatic carbocycles. The van der Waals surface area contributed by atoms with Crippen molar-refractivity contribution in [2.24, 2.45) is 5.84 Å². The summed E-state index contributed by atoms with van der Waals surface area (Å²) in [6.07, 6.45) is -6.65. The first-order valence-corrected chi connectivity index (χ1v) is 5.09. The molecular weight excluding hydrogens is 250 g/mol. The minimum absolute atomic E-state index is 0.183. The van der Waals surface area contributed by atoms with Crippen molar-refractivity contribution in [2.45, 2.75) is 30.1 Å². The predicted octanol–water partition coefficient (Wildman–Crippen LogP) is -4.42. The molecule has 1 unspecified atom stereocenters. The molecule has 0 aromatic heterocycles. The maximum atomic E-state index is 11.8. The van der Waals surface area contributed by atoms with Gasteiger partial charge in [0.05, 0.1) is 6.61 Å². The third-order valence-corrected chi connectivity index (χ3v) is 3.04. The molecule has 18 heavy (non-hydrogen) atoms. The Morgan fingerprint density at radius 2 is 1.94 bits per heavy atom. The van der Waals surface area contributed by atoms with Crippen molar-refractivity contribution in [1.82, 2.24) is 10.3 Å². The highest BCUT2D eigenvalue weighted by atomic mass is 16.6. The number of urea groups is 1. The molecule has 0 aromatic carbocycles. The van der Waals surface area contributed by atoms with Gasteiger partial charge >= 0.3 is 11.9 Å². The first kappa shape index (κ1) is 13.1. The second kappa shape index (κ2) is 4.12. The number of rotatable bonds is 1. The largest absolute Gasteiger partial charge is 0.394 e. The molecular formula is C8H13N3O7. The summed E-state index contributed by atoms with van der Waals surface area (Å²) >= 11 is 0. The Morgan fingerprint density at radius 3 is 2.39 bits per heavy atom. The van der Waals surface area contributed by atoms with E-state index < -0.39 is 48.7 Å². The number of nitrogens with one attached hydrogen (secondary N) is 1. The summed E-state index contributed by atoms with van der Waals surface area (Å²) in [5.74, 6) is 4.01. The van der Waals surface area contributed by atoms with Crippen LogP contribution in [0.5, 0.6) is 0 Å². The number of hydrazine groups is 1. The zero-order chi connectivity index (χ0) is 13.7. The number of aliphatic hydroxyl groups excluding tert-OH is 4. The molecule has 3 amide bonds. The lowest BCUT2D eigenvalue weighted by molar-refractivity contribution is -0.268. The smallest absolute Gasteiger partial charge is 0.341 e. The Bertz CT molecular complexity index is 389. The SMILES string of the molecule is NN1C(=O)NC2(O[C@H](CO)[C@@H](O)[C@H](O)[C@H]2O)C1=O. The lowest BCUT2D eigenvalue weighted by Gasteiger charge is -2.44. The molecule has 0 aromatic rings. The number of aliphatic hydroxyl groups is 4. The fourth-order valence-corrected chi connectivity index (χ4v) is 1.99. The van der Waals surface area contributed by atoms with Gasteiger partial charge in [0, 0.05) is 0 Å².